The maximum Gasteiger partial charge on any atom is 0.408 e. The van der Waals surface area contributed by atoms with Crippen molar-refractivity contribution in [2.45, 2.75) is 95.1 Å². The largest absolute Gasteiger partial charge is 0.444 e. The van der Waals surface area contributed by atoms with Gasteiger partial charge in [-0.05, 0) is 65.2 Å². The van der Waals surface area contributed by atoms with Gasteiger partial charge in [0.25, 0.3) is 0 Å². The summed E-state index contributed by atoms with van der Waals surface area (Å²) in [6, 6.07) is -2.42. The van der Waals surface area contributed by atoms with Crippen LogP contribution < -0.4 is 11.1 Å². The molecule has 0 aromatic rings. The number of fused-ring (bicyclic) bond motifs is 2. The zero-order valence-corrected chi connectivity index (χ0v) is 20.7. The number of piperidine rings is 1. The van der Waals surface area contributed by atoms with Crippen LogP contribution in [0.5, 0.6) is 0 Å². The molecule has 34 heavy (non-hydrogen) atoms. The average molecular weight is 476 g/mol. The Bertz CT molecular complexity index is 862. The standard InChI is InChI=1S/C24H37N5O5/c1-7-15-10-11-18(20(25)30)29(15)21(31)19(26-22(32)34-24(2,3)4)14-12-16-8-9-17(13-14)28(16)23(33)27(5)6/h1,14-19H,8-13H2,2-6H3,(H2,25,30)(H,26,32)/t15?,16-,17-,18?,19-/m0/s1. The summed E-state index contributed by atoms with van der Waals surface area (Å²) in [4.78, 5) is 56.2. The van der Waals surface area contributed by atoms with Gasteiger partial charge in [-0.3, -0.25) is 9.59 Å². The number of nitrogens with zero attached hydrogens (tertiary/aromatic N) is 3. The fraction of sp³-hybridized carbons (Fsp3) is 0.750. The van der Waals surface area contributed by atoms with Gasteiger partial charge in [-0.1, -0.05) is 5.92 Å². The van der Waals surface area contributed by atoms with Crippen LogP contribution in [-0.4, -0.2) is 88.5 Å². The van der Waals surface area contributed by atoms with Crippen LogP contribution in [0.3, 0.4) is 0 Å². The zero-order chi connectivity index (χ0) is 25.4. The highest BCUT2D eigenvalue weighted by Gasteiger charge is 2.50. The summed E-state index contributed by atoms with van der Waals surface area (Å²) in [5, 5.41) is 2.77. The summed E-state index contributed by atoms with van der Waals surface area (Å²) < 4.78 is 5.44. The molecule has 0 saturated carbocycles. The highest BCUT2D eigenvalue weighted by Crippen LogP contribution is 2.41. The van der Waals surface area contributed by atoms with E-state index in [1.807, 2.05) is 4.90 Å². The van der Waals surface area contributed by atoms with Crippen molar-refractivity contribution in [2.75, 3.05) is 14.1 Å². The first-order chi connectivity index (χ1) is 15.8. The van der Waals surface area contributed by atoms with Gasteiger partial charge in [-0.25, -0.2) is 9.59 Å². The molecule has 10 nitrogen and oxygen atoms in total. The van der Waals surface area contributed by atoms with Crippen molar-refractivity contribution in [1.29, 1.82) is 0 Å². The van der Waals surface area contributed by atoms with E-state index in [-0.39, 0.29) is 24.0 Å². The van der Waals surface area contributed by atoms with Gasteiger partial charge in [-0.15, -0.1) is 6.42 Å². The Labute approximate surface area is 201 Å². The molecule has 5 atom stereocenters. The van der Waals surface area contributed by atoms with Crippen LogP contribution in [-0.2, 0) is 14.3 Å². The van der Waals surface area contributed by atoms with E-state index < -0.39 is 41.6 Å². The van der Waals surface area contributed by atoms with Crippen molar-refractivity contribution in [2.24, 2.45) is 11.7 Å². The number of nitrogens with two attached hydrogens (primary N) is 1. The van der Waals surface area contributed by atoms with E-state index in [9.17, 15) is 19.2 Å². The van der Waals surface area contributed by atoms with Crippen molar-refractivity contribution >= 4 is 23.9 Å². The third-order valence-electron chi connectivity index (χ3n) is 6.94. The van der Waals surface area contributed by atoms with Crippen LogP contribution in [0.4, 0.5) is 9.59 Å². The predicted octanol–water partition coefficient (Wildman–Crippen LogP) is 1.28. The molecule has 0 aromatic carbocycles. The molecule has 3 heterocycles. The first kappa shape index (κ1) is 25.7. The summed E-state index contributed by atoms with van der Waals surface area (Å²) in [6.45, 7) is 5.23. The molecule has 3 fully saturated rings. The maximum atomic E-state index is 13.9. The second-order valence-corrected chi connectivity index (χ2v) is 10.7. The Balaban J connectivity index is 1.88. The van der Waals surface area contributed by atoms with E-state index in [0.717, 1.165) is 12.8 Å². The lowest BCUT2D eigenvalue weighted by atomic mass is 9.84. The van der Waals surface area contributed by atoms with Crippen molar-refractivity contribution in [3.05, 3.63) is 0 Å². The quantitative estimate of drug-likeness (QED) is 0.593. The highest BCUT2D eigenvalue weighted by atomic mass is 16.6. The molecular weight excluding hydrogens is 438 g/mol. The minimum absolute atomic E-state index is 0.0247. The second kappa shape index (κ2) is 9.72. The molecule has 2 bridgehead atoms. The lowest BCUT2D eigenvalue weighted by Gasteiger charge is -2.43. The van der Waals surface area contributed by atoms with Crippen LogP contribution in [0.1, 0.15) is 59.3 Å². The number of urea groups is 1. The number of likely N-dealkylation sites (tertiary alicyclic amines) is 1. The van der Waals surface area contributed by atoms with Gasteiger partial charge >= 0.3 is 12.1 Å². The van der Waals surface area contributed by atoms with Gasteiger partial charge in [0.1, 0.15) is 17.7 Å². The lowest BCUT2D eigenvalue weighted by molar-refractivity contribution is -0.141. The SMILES string of the molecule is C#CC1CCC(C(N)=O)N1C(=O)[C@@H](NC(=O)OC(C)(C)C)C1C[C@@H]2CC[C@@H](C1)N2C(=O)N(C)C. The molecule has 2 unspecified atom stereocenters. The number of rotatable bonds is 4. The molecule has 0 aromatic heterocycles. The molecule has 0 radical (unpaired) electrons. The third-order valence-corrected chi connectivity index (χ3v) is 6.94. The number of carbonyl (C=O) groups is 4. The number of carbonyl (C=O) groups excluding carboxylic acids is 4. The molecule has 3 aliphatic rings. The summed E-state index contributed by atoms with van der Waals surface area (Å²) in [5.41, 5.74) is 4.83. The summed E-state index contributed by atoms with van der Waals surface area (Å²) >= 11 is 0. The maximum absolute atomic E-state index is 13.9. The van der Waals surface area contributed by atoms with Crippen molar-refractivity contribution in [3.8, 4) is 12.3 Å². The molecule has 188 valence electrons. The summed E-state index contributed by atoms with van der Waals surface area (Å²) in [5.74, 6) is 1.31. The first-order valence-electron chi connectivity index (χ1n) is 11.9. The molecule has 0 spiro atoms. The topological polar surface area (TPSA) is 125 Å². The van der Waals surface area contributed by atoms with Crippen LogP contribution in [0.15, 0.2) is 0 Å². The number of alkyl carbamates (subject to hydrolysis) is 1. The van der Waals surface area contributed by atoms with Gasteiger partial charge in [0, 0.05) is 26.2 Å². The summed E-state index contributed by atoms with van der Waals surface area (Å²) in [7, 11) is 3.45. The fourth-order valence-electron chi connectivity index (χ4n) is 5.57. The molecule has 3 aliphatic heterocycles. The zero-order valence-electron chi connectivity index (χ0n) is 20.7. The van der Waals surface area contributed by atoms with Crippen LogP contribution in [0.25, 0.3) is 0 Å². The van der Waals surface area contributed by atoms with Crippen molar-refractivity contribution in [1.82, 2.24) is 20.0 Å². The van der Waals surface area contributed by atoms with E-state index in [2.05, 4.69) is 11.2 Å². The van der Waals surface area contributed by atoms with E-state index in [1.165, 1.54) is 4.90 Å². The first-order valence-corrected chi connectivity index (χ1v) is 11.9. The summed E-state index contributed by atoms with van der Waals surface area (Å²) in [6.07, 6.45) is 8.60. The average Bonchev–Trinajstić information content (AvgIpc) is 3.28. The Morgan fingerprint density at radius 1 is 1.06 bits per heavy atom. The molecule has 10 heteroatoms. The van der Waals surface area contributed by atoms with Crippen LogP contribution >= 0.6 is 0 Å². The minimum atomic E-state index is -0.939. The predicted molar refractivity (Wildman–Crippen MR) is 125 cm³/mol. The van der Waals surface area contributed by atoms with E-state index in [1.54, 1.807) is 39.8 Å². The monoisotopic (exact) mass is 475 g/mol. The number of amides is 5. The van der Waals surface area contributed by atoms with Gasteiger partial charge in [0.15, 0.2) is 0 Å². The van der Waals surface area contributed by atoms with Crippen molar-refractivity contribution < 1.29 is 23.9 Å². The number of ether oxygens (including phenoxy) is 1. The number of hydrogen-bond donors (Lipinski definition) is 2. The molecule has 3 rings (SSSR count). The Kier molecular flexibility index (Phi) is 7.34. The lowest BCUT2D eigenvalue weighted by Crippen LogP contribution is -2.60. The highest BCUT2D eigenvalue weighted by molar-refractivity contribution is 5.92. The van der Waals surface area contributed by atoms with E-state index in [4.69, 9.17) is 16.9 Å². The van der Waals surface area contributed by atoms with Crippen molar-refractivity contribution in [3.63, 3.8) is 0 Å². The Morgan fingerprint density at radius 2 is 1.65 bits per heavy atom. The number of terminal acetylenes is 1. The normalized spacial score (nSPS) is 29.2. The van der Waals surface area contributed by atoms with Gasteiger partial charge in [0.05, 0.1) is 6.04 Å². The Morgan fingerprint density at radius 3 is 2.12 bits per heavy atom. The molecule has 0 aliphatic carbocycles. The van der Waals surface area contributed by atoms with Gasteiger partial charge < -0.3 is 30.5 Å². The fourth-order valence-corrected chi connectivity index (χ4v) is 5.57. The molecular formula is C24H37N5O5. The number of nitrogens with one attached hydrogen (secondary N) is 1. The molecule has 3 N–H and O–H groups in total. The second-order valence-electron chi connectivity index (χ2n) is 10.7. The smallest absolute Gasteiger partial charge is 0.408 e. The van der Waals surface area contributed by atoms with E-state index >= 15 is 0 Å². The number of hydrogen-bond acceptors (Lipinski definition) is 5. The van der Waals surface area contributed by atoms with Gasteiger partial charge in [-0.2, -0.15) is 0 Å². The van der Waals surface area contributed by atoms with Crippen LogP contribution in [0.2, 0.25) is 0 Å². The van der Waals surface area contributed by atoms with Gasteiger partial charge in [0.2, 0.25) is 11.8 Å². The molecule has 5 amide bonds. The van der Waals surface area contributed by atoms with E-state index in [0.29, 0.717) is 25.7 Å². The third kappa shape index (κ3) is 5.24. The Hall–Kier alpha value is -2.96. The van der Waals surface area contributed by atoms with Crippen LogP contribution in [0, 0.1) is 18.3 Å². The number of primary amides is 1. The minimum Gasteiger partial charge on any atom is -0.444 e. The molecule has 3 saturated heterocycles.